The van der Waals surface area contributed by atoms with Crippen LogP contribution in [0.5, 0.6) is 0 Å². The van der Waals surface area contributed by atoms with Gasteiger partial charge in [-0.15, -0.1) is 0 Å². The molecule has 0 N–H and O–H groups in total. The van der Waals surface area contributed by atoms with E-state index in [2.05, 4.69) is 0 Å². The van der Waals surface area contributed by atoms with E-state index in [0.717, 1.165) is 25.9 Å². The smallest absolute Gasteiger partial charge is 0.305 e. The lowest BCUT2D eigenvalue weighted by Gasteiger charge is -2.15. The second kappa shape index (κ2) is 10.4. The molecular weight excluding hydrogens is 228 g/mol. The average Bonchev–Trinajstić information content (AvgIpc) is 2.62. The lowest BCUT2D eigenvalue weighted by atomic mass is 10.1. The quantitative estimate of drug-likeness (QED) is 0.376. The molecule has 3 heteroatoms. The van der Waals surface area contributed by atoms with E-state index >= 15 is 0 Å². The summed E-state index contributed by atoms with van der Waals surface area (Å²) in [5.74, 6) is -0.0674. The normalized spacial score (nSPS) is 17.4. The number of hydrogen-bond donors (Lipinski definition) is 0. The maximum atomic E-state index is 11.1. The topological polar surface area (TPSA) is 35.5 Å². The number of unbranched alkanes of at least 4 members (excludes halogenated alkanes) is 2. The molecule has 0 saturated heterocycles. The third-order valence-corrected chi connectivity index (χ3v) is 3.49. The molecule has 18 heavy (non-hydrogen) atoms. The molecule has 0 aliphatic heterocycles. The predicted octanol–water partition coefficient (Wildman–Crippen LogP) is 3.85. The molecule has 0 aromatic carbocycles. The number of carbonyl (C=O) groups excluding carboxylic acids is 1. The highest BCUT2D eigenvalue weighted by Gasteiger charge is 2.11. The SMILES string of the molecule is CCOC(=O)CCCCCOC1CCCCCC1. The zero-order valence-corrected chi connectivity index (χ0v) is 11.8. The van der Waals surface area contributed by atoms with E-state index in [4.69, 9.17) is 9.47 Å². The number of esters is 1. The Bertz CT molecular complexity index is 208. The summed E-state index contributed by atoms with van der Waals surface area (Å²) in [4.78, 5) is 11.1. The molecule has 0 atom stereocenters. The summed E-state index contributed by atoms with van der Waals surface area (Å²) in [7, 11) is 0. The lowest BCUT2D eigenvalue weighted by molar-refractivity contribution is -0.143. The van der Waals surface area contributed by atoms with Gasteiger partial charge < -0.3 is 9.47 Å². The second-order valence-corrected chi connectivity index (χ2v) is 5.10. The van der Waals surface area contributed by atoms with Crippen LogP contribution >= 0.6 is 0 Å². The van der Waals surface area contributed by atoms with Crippen molar-refractivity contribution in [1.82, 2.24) is 0 Å². The van der Waals surface area contributed by atoms with Gasteiger partial charge in [0.15, 0.2) is 0 Å². The average molecular weight is 256 g/mol. The van der Waals surface area contributed by atoms with E-state index in [0.29, 0.717) is 19.1 Å². The van der Waals surface area contributed by atoms with Crippen molar-refractivity contribution in [3.8, 4) is 0 Å². The largest absolute Gasteiger partial charge is 0.466 e. The van der Waals surface area contributed by atoms with Gasteiger partial charge in [-0.25, -0.2) is 0 Å². The van der Waals surface area contributed by atoms with Gasteiger partial charge in [-0.2, -0.15) is 0 Å². The van der Waals surface area contributed by atoms with Gasteiger partial charge >= 0.3 is 5.97 Å². The minimum atomic E-state index is -0.0674. The first-order valence-electron chi connectivity index (χ1n) is 7.60. The van der Waals surface area contributed by atoms with Gasteiger partial charge in [0.25, 0.3) is 0 Å². The summed E-state index contributed by atoms with van der Waals surface area (Å²) >= 11 is 0. The van der Waals surface area contributed by atoms with Crippen molar-refractivity contribution in [1.29, 1.82) is 0 Å². The maximum absolute atomic E-state index is 11.1. The minimum absolute atomic E-state index is 0.0674. The molecule has 0 aromatic heterocycles. The van der Waals surface area contributed by atoms with Gasteiger partial charge in [-0.3, -0.25) is 4.79 Å². The molecule has 1 rings (SSSR count). The number of hydrogen-bond acceptors (Lipinski definition) is 3. The molecule has 0 spiro atoms. The van der Waals surface area contributed by atoms with Gasteiger partial charge in [-0.05, 0) is 32.6 Å². The van der Waals surface area contributed by atoms with Crippen molar-refractivity contribution >= 4 is 5.97 Å². The van der Waals surface area contributed by atoms with Crippen LogP contribution in [-0.4, -0.2) is 25.3 Å². The van der Waals surface area contributed by atoms with Crippen LogP contribution in [0.3, 0.4) is 0 Å². The van der Waals surface area contributed by atoms with E-state index in [1.165, 1.54) is 38.5 Å². The first-order valence-corrected chi connectivity index (χ1v) is 7.60. The molecule has 1 saturated carbocycles. The van der Waals surface area contributed by atoms with Crippen LogP contribution in [-0.2, 0) is 14.3 Å². The zero-order valence-electron chi connectivity index (χ0n) is 11.8. The summed E-state index contributed by atoms with van der Waals surface area (Å²) in [6.07, 6.45) is 12.0. The summed E-state index contributed by atoms with van der Waals surface area (Å²) in [6.45, 7) is 3.19. The van der Waals surface area contributed by atoms with Crippen LogP contribution in [0, 0.1) is 0 Å². The van der Waals surface area contributed by atoms with Crippen molar-refractivity contribution in [2.75, 3.05) is 13.2 Å². The second-order valence-electron chi connectivity index (χ2n) is 5.10. The van der Waals surface area contributed by atoms with Gasteiger partial charge in [0.1, 0.15) is 0 Å². The van der Waals surface area contributed by atoms with Crippen LogP contribution in [0.4, 0.5) is 0 Å². The Morgan fingerprint density at radius 1 is 1.06 bits per heavy atom. The highest BCUT2D eigenvalue weighted by atomic mass is 16.5. The number of ether oxygens (including phenoxy) is 2. The van der Waals surface area contributed by atoms with Crippen molar-refractivity contribution < 1.29 is 14.3 Å². The Morgan fingerprint density at radius 2 is 1.78 bits per heavy atom. The number of rotatable bonds is 8. The van der Waals surface area contributed by atoms with Crippen LogP contribution in [0.2, 0.25) is 0 Å². The van der Waals surface area contributed by atoms with Crippen molar-refractivity contribution in [2.24, 2.45) is 0 Å². The van der Waals surface area contributed by atoms with E-state index in [9.17, 15) is 4.79 Å². The molecule has 0 bridgehead atoms. The van der Waals surface area contributed by atoms with E-state index in [1.54, 1.807) is 0 Å². The van der Waals surface area contributed by atoms with Crippen molar-refractivity contribution in [3.05, 3.63) is 0 Å². The van der Waals surface area contributed by atoms with Gasteiger partial charge in [0.05, 0.1) is 12.7 Å². The van der Waals surface area contributed by atoms with Crippen LogP contribution < -0.4 is 0 Å². The van der Waals surface area contributed by atoms with Crippen molar-refractivity contribution in [2.45, 2.75) is 77.2 Å². The number of carbonyl (C=O) groups is 1. The molecule has 0 amide bonds. The molecule has 1 aliphatic carbocycles. The lowest BCUT2D eigenvalue weighted by Crippen LogP contribution is -2.12. The van der Waals surface area contributed by atoms with Gasteiger partial charge in [-0.1, -0.05) is 32.1 Å². The summed E-state index contributed by atoms with van der Waals surface area (Å²) in [6, 6.07) is 0. The first-order chi connectivity index (χ1) is 8.83. The van der Waals surface area contributed by atoms with E-state index < -0.39 is 0 Å². The fraction of sp³-hybridized carbons (Fsp3) is 0.933. The minimum Gasteiger partial charge on any atom is -0.466 e. The summed E-state index contributed by atoms with van der Waals surface area (Å²) in [5, 5.41) is 0. The molecule has 3 nitrogen and oxygen atoms in total. The standard InChI is InChI=1S/C15H28O3/c1-2-17-15(16)12-8-5-9-13-18-14-10-6-3-4-7-11-14/h14H,2-13H2,1H3. The molecule has 1 aliphatic rings. The summed E-state index contributed by atoms with van der Waals surface area (Å²) in [5.41, 5.74) is 0. The zero-order chi connectivity index (χ0) is 13.1. The Hall–Kier alpha value is -0.570. The Morgan fingerprint density at radius 3 is 2.44 bits per heavy atom. The molecule has 0 heterocycles. The Kier molecular flexibility index (Phi) is 8.92. The molecule has 0 unspecified atom stereocenters. The Balaban J connectivity index is 1.90. The monoisotopic (exact) mass is 256 g/mol. The third kappa shape index (κ3) is 7.70. The maximum Gasteiger partial charge on any atom is 0.305 e. The molecular formula is C15H28O3. The fourth-order valence-electron chi connectivity index (χ4n) is 2.44. The van der Waals surface area contributed by atoms with Gasteiger partial charge in [0, 0.05) is 13.0 Å². The fourth-order valence-corrected chi connectivity index (χ4v) is 2.44. The predicted molar refractivity (Wildman–Crippen MR) is 72.5 cm³/mol. The van der Waals surface area contributed by atoms with E-state index in [-0.39, 0.29) is 5.97 Å². The highest BCUT2D eigenvalue weighted by Crippen LogP contribution is 2.20. The highest BCUT2D eigenvalue weighted by molar-refractivity contribution is 5.69. The third-order valence-electron chi connectivity index (χ3n) is 3.49. The molecule has 106 valence electrons. The Labute approximate surface area is 111 Å². The van der Waals surface area contributed by atoms with Crippen LogP contribution in [0.25, 0.3) is 0 Å². The first kappa shape index (κ1) is 15.5. The van der Waals surface area contributed by atoms with Crippen LogP contribution in [0.15, 0.2) is 0 Å². The summed E-state index contributed by atoms with van der Waals surface area (Å²) < 4.78 is 10.8. The molecule has 1 fully saturated rings. The van der Waals surface area contributed by atoms with E-state index in [1.807, 2.05) is 6.92 Å². The molecule has 0 aromatic rings. The van der Waals surface area contributed by atoms with Crippen molar-refractivity contribution in [3.63, 3.8) is 0 Å². The van der Waals surface area contributed by atoms with Crippen LogP contribution in [0.1, 0.15) is 71.1 Å². The molecule has 0 radical (unpaired) electrons. The van der Waals surface area contributed by atoms with Gasteiger partial charge in [0.2, 0.25) is 0 Å².